The van der Waals surface area contributed by atoms with Crippen LogP contribution in [0.5, 0.6) is 0 Å². The molecule has 0 radical (unpaired) electrons. The van der Waals surface area contributed by atoms with Gasteiger partial charge in [-0.3, -0.25) is 4.79 Å². The zero-order chi connectivity index (χ0) is 11.7. The lowest BCUT2D eigenvalue weighted by Crippen LogP contribution is -1.96. The van der Waals surface area contributed by atoms with Crippen molar-refractivity contribution in [3.05, 3.63) is 47.9 Å². The average Bonchev–Trinajstić information content (AvgIpc) is 2.72. The molecule has 1 aromatic carbocycles. The highest BCUT2D eigenvalue weighted by molar-refractivity contribution is 6.13. The number of carbonyl (C=O) groups excluding carboxylic acids is 1. The Kier molecular flexibility index (Phi) is 2.15. The molecule has 0 saturated heterocycles. The van der Waals surface area contributed by atoms with Crippen LogP contribution in [-0.2, 0) is 0 Å². The smallest absolute Gasteiger partial charge is 0.277 e. The molecule has 1 aromatic heterocycles. The average molecular weight is 224 g/mol. The van der Waals surface area contributed by atoms with Crippen LogP contribution in [0, 0.1) is 0 Å². The fraction of sp³-hybridized carbons (Fsp3) is 0. The van der Waals surface area contributed by atoms with E-state index in [9.17, 15) is 4.79 Å². The summed E-state index contributed by atoms with van der Waals surface area (Å²) in [6.07, 6.45) is 4.71. The molecule has 2 aromatic rings. The van der Waals surface area contributed by atoms with E-state index in [0.29, 0.717) is 11.4 Å². The van der Waals surface area contributed by atoms with E-state index in [4.69, 9.17) is 0 Å². The minimum absolute atomic E-state index is 0.186. The van der Waals surface area contributed by atoms with E-state index in [1.807, 2.05) is 12.1 Å². The van der Waals surface area contributed by atoms with Crippen molar-refractivity contribution < 1.29 is 4.79 Å². The van der Waals surface area contributed by atoms with Crippen molar-refractivity contribution in [3.63, 3.8) is 0 Å². The number of aromatic nitrogens is 2. The van der Waals surface area contributed by atoms with E-state index in [2.05, 4.69) is 20.3 Å². The number of benzene rings is 1. The van der Waals surface area contributed by atoms with Crippen molar-refractivity contribution in [1.29, 1.82) is 0 Å². The van der Waals surface area contributed by atoms with Gasteiger partial charge in [0, 0.05) is 23.7 Å². The maximum atomic E-state index is 11.3. The molecular weight excluding hydrogens is 216 g/mol. The second-order valence-electron chi connectivity index (χ2n) is 3.59. The molecule has 0 saturated carbocycles. The summed E-state index contributed by atoms with van der Waals surface area (Å²) in [5.41, 5.74) is 2.33. The number of hydrogen-bond donors (Lipinski definition) is 1. The zero-order valence-corrected chi connectivity index (χ0v) is 8.79. The number of hydrogen-bond acceptors (Lipinski definition) is 4. The molecule has 3 rings (SSSR count). The van der Waals surface area contributed by atoms with Gasteiger partial charge in [-0.25, -0.2) is 15.0 Å². The van der Waals surface area contributed by atoms with Crippen LogP contribution in [0.1, 0.15) is 15.9 Å². The Labute approximate surface area is 97.3 Å². The van der Waals surface area contributed by atoms with Crippen molar-refractivity contribution in [3.8, 4) is 0 Å². The second kappa shape index (κ2) is 3.79. The predicted octanol–water partition coefficient (Wildman–Crippen LogP) is 1.79. The number of fused-ring (bicyclic) bond motifs is 1. The van der Waals surface area contributed by atoms with E-state index >= 15 is 0 Å². The summed E-state index contributed by atoms with van der Waals surface area (Å²) in [5.74, 6) is 0.523. The molecule has 1 amide bonds. The largest absolute Gasteiger partial charge is 0.340 e. The summed E-state index contributed by atoms with van der Waals surface area (Å²) in [6.45, 7) is 0. The number of aliphatic imine (C=N–C) groups is 1. The number of carbonyl (C=O) groups is 1. The van der Waals surface area contributed by atoms with Gasteiger partial charge in [0.15, 0.2) is 0 Å². The molecule has 0 fully saturated rings. The maximum Gasteiger partial charge on any atom is 0.277 e. The van der Waals surface area contributed by atoms with Crippen molar-refractivity contribution in [1.82, 2.24) is 9.97 Å². The van der Waals surface area contributed by atoms with Crippen molar-refractivity contribution in [2.75, 3.05) is 5.32 Å². The van der Waals surface area contributed by atoms with Crippen molar-refractivity contribution in [2.45, 2.75) is 0 Å². The van der Waals surface area contributed by atoms with Gasteiger partial charge in [-0.1, -0.05) is 0 Å². The fourth-order valence-corrected chi connectivity index (χ4v) is 1.65. The van der Waals surface area contributed by atoms with Crippen molar-refractivity contribution in [2.24, 2.45) is 4.99 Å². The van der Waals surface area contributed by atoms with Gasteiger partial charge in [-0.15, -0.1) is 0 Å². The summed E-state index contributed by atoms with van der Waals surface area (Å²) < 4.78 is 0. The van der Waals surface area contributed by atoms with Crippen LogP contribution in [0.15, 0.2) is 41.8 Å². The van der Waals surface area contributed by atoms with Gasteiger partial charge >= 0.3 is 0 Å². The van der Waals surface area contributed by atoms with Gasteiger partial charge < -0.3 is 5.32 Å². The molecule has 5 heteroatoms. The van der Waals surface area contributed by atoms with E-state index in [-0.39, 0.29) is 5.91 Å². The molecule has 0 unspecified atom stereocenters. The Morgan fingerprint density at radius 2 is 2.12 bits per heavy atom. The Morgan fingerprint density at radius 3 is 2.94 bits per heavy atom. The Hall–Kier alpha value is -2.56. The Balaban J connectivity index is 1.91. The minimum Gasteiger partial charge on any atom is -0.340 e. The molecule has 0 spiro atoms. The lowest BCUT2D eigenvalue weighted by atomic mass is 10.1. The molecule has 1 N–H and O–H groups in total. The molecule has 5 nitrogen and oxygen atoms in total. The highest BCUT2D eigenvalue weighted by Crippen LogP contribution is 2.21. The quantitative estimate of drug-likeness (QED) is 0.844. The number of rotatable bonds is 2. The van der Waals surface area contributed by atoms with E-state index < -0.39 is 0 Å². The standard InChI is InChI=1S/C12H8N4O/c17-12-10-2-1-9(5-8(10)6-14-12)16-11-3-4-13-7-15-11/h1-7H,(H,13,15,16). The topological polar surface area (TPSA) is 67.2 Å². The molecule has 2 heterocycles. The van der Waals surface area contributed by atoms with Crippen molar-refractivity contribution >= 4 is 23.6 Å². The van der Waals surface area contributed by atoms with E-state index in [1.54, 1.807) is 24.5 Å². The number of nitrogens with zero attached hydrogens (tertiary/aromatic N) is 3. The molecular formula is C12H8N4O. The van der Waals surface area contributed by atoms with Gasteiger partial charge in [-0.2, -0.15) is 0 Å². The second-order valence-corrected chi connectivity index (χ2v) is 3.59. The molecule has 1 aliphatic rings. The molecule has 82 valence electrons. The van der Waals surface area contributed by atoms with Gasteiger partial charge in [-0.05, 0) is 24.3 Å². The Bertz CT molecular complexity index is 607. The summed E-state index contributed by atoms with van der Waals surface area (Å²) in [4.78, 5) is 22.9. The van der Waals surface area contributed by atoms with Crippen LogP contribution >= 0.6 is 0 Å². The van der Waals surface area contributed by atoms with Crippen LogP contribution in [-0.4, -0.2) is 22.1 Å². The first-order valence-electron chi connectivity index (χ1n) is 5.08. The number of amides is 1. The fourth-order valence-electron chi connectivity index (χ4n) is 1.65. The van der Waals surface area contributed by atoms with E-state index in [0.717, 1.165) is 11.3 Å². The van der Waals surface area contributed by atoms with E-state index in [1.165, 1.54) is 6.33 Å². The summed E-state index contributed by atoms with van der Waals surface area (Å²) in [7, 11) is 0. The van der Waals surface area contributed by atoms with Crippen LogP contribution < -0.4 is 5.32 Å². The van der Waals surface area contributed by atoms with Gasteiger partial charge in [0.05, 0.1) is 5.56 Å². The number of anilines is 2. The zero-order valence-electron chi connectivity index (χ0n) is 8.79. The first-order valence-corrected chi connectivity index (χ1v) is 5.08. The molecule has 0 atom stereocenters. The molecule has 0 aliphatic carbocycles. The summed E-state index contributed by atoms with van der Waals surface area (Å²) >= 11 is 0. The van der Waals surface area contributed by atoms with Crippen LogP contribution in [0.2, 0.25) is 0 Å². The lowest BCUT2D eigenvalue weighted by Gasteiger charge is -2.05. The number of nitrogens with one attached hydrogen (secondary N) is 1. The van der Waals surface area contributed by atoms with Gasteiger partial charge in [0.25, 0.3) is 5.91 Å². The SMILES string of the molecule is O=C1N=Cc2cc(Nc3ccncn3)ccc21. The van der Waals surface area contributed by atoms with Crippen LogP contribution in [0.25, 0.3) is 0 Å². The lowest BCUT2D eigenvalue weighted by molar-refractivity contribution is 0.101. The molecule has 1 aliphatic heterocycles. The third-order valence-corrected chi connectivity index (χ3v) is 2.46. The monoisotopic (exact) mass is 224 g/mol. The molecule has 0 bridgehead atoms. The van der Waals surface area contributed by atoms with Crippen LogP contribution in [0.4, 0.5) is 11.5 Å². The van der Waals surface area contributed by atoms with Gasteiger partial charge in [0.2, 0.25) is 0 Å². The maximum absolute atomic E-state index is 11.3. The first kappa shape index (κ1) is 9.65. The molecule has 17 heavy (non-hydrogen) atoms. The first-order chi connectivity index (χ1) is 8.33. The minimum atomic E-state index is -0.186. The Morgan fingerprint density at radius 1 is 1.18 bits per heavy atom. The highest BCUT2D eigenvalue weighted by Gasteiger charge is 2.15. The summed E-state index contributed by atoms with van der Waals surface area (Å²) in [6, 6.07) is 7.22. The van der Waals surface area contributed by atoms with Gasteiger partial charge in [0.1, 0.15) is 12.1 Å². The van der Waals surface area contributed by atoms with Crippen LogP contribution in [0.3, 0.4) is 0 Å². The predicted molar refractivity (Wildman–Crippen MR) is 63.7 cm³/mol. The third-order valence-electron chi connectivity index (χ3n) is 2.46. The normalized spacial score (nSPS) is 12.6. The highest BCUT2D eigenvalue weighted by atomic mass is 16.1. The third kappa shape index (κ3) is 1.78. The summed E-state index contributed by atoms with van der Waals surface area (Å²) in [5, 5.41) is 3.12.